The second-order valence-electron chi connectivity index (χ2n) is 4.40. The van der Waals surface area contributed by atoms with E-state index in [0.717, 1.165) is 12.1 Å². The summed E-state index contributed by atoms with van der Waals surface area (Å²) in [6, 6.07) is 13.5. The van der Waals surface area contributed by atoms with Crippen molar-refractivity contribution < 1.29 is 14.0 Å². The molecule has 0 fully saturated rings. The number of nitrogens with zero attached hydrogens (tertiary/aromatic N) is 1. The Kier molecular flexibility index (Phi) is 4.83. The summed E-state index contributed by atoms with van der Waals surface area (Å²) in [4.78, 5) is 23.5. The van der Waals surface area contributed by atoms with Crippen LogP contribution < -0.4 is 10.6 Å². The van der Waals surface area contributed by atoms with E-state index in [1.807, 2.05) is 6.07 Å². The second-order valence-corrected chi connectivity index (χ2v) is 4.40. The highest BCUT2D eigenvalue weighted by Gasteiger charge is 2.09. The Labute approximate surface area is 126 Å². The summed E-state index contributed by atoms with van der Waals surface area (Å²) in [5.41, 5.74) is 0.971. The molecule has 5 nitrogen and oxygen atoms in total. The Balaban J connectivity index is 1.91. The van der Waals surface area contributed by atoms with E-state index < -0.39 is 17.6 Å². The number of nitriles is 1. The minimum atomic E-state index is -0.483. The fourth-order valence-electron chi connectivity index (χ4n) is 1.75. The molecule has 2 aromatic rings. The van der Waals surface area contributed by atoms with Crippen molar-refractivity contribution in [1.82, 2.24) is 5.32 Å². The predicted molar refractivity (Wildman–Crippen MR) is 78.5 cm³/mol. The maximum Gasteiger partial charge on any atom is 0.251 e. The molecule has 0 saturated carbocycles. The van der Waals surface area contributed by atoms with Crippen LogP contribution in [0, 0.1) is 17.1 Å². The third-order valence-electron chi connectivity index (χ3n) is 2.84. The van der Waals surface area contributed by atoms with Crippen molar-refractivity contribution in [2.24, 2.45) is 0 Å². The number of para-hydroxylation sites is 1. The van der Waals surface area contributed by atoms with Gasteiger partial charge in [-0.2, -0.15) is 5.26 Å². The van der Waals surface area contributed by atoms with Gasteiger partial charge in [0.2, 0.25) is 5.91 Å². The van der Waals surface area contributed by atoms with Gasteiger partial charge in [0.15, 0.2) is 0 Å². The number of benzene rings is 2. The minimum Gasteiger partial charge on any atom is -0.343 e. The van der Waals surface area contributed by atoms with E-state index in [2.05, 4.69) is 10.6 Å². The molecular formula is C16H12FN3O2. The average molecular weight is 297 g/mol. The number of hydrogen-bond acceptors (Lipinski definition) is 3. The van der Waals surface area contributed by atoms with E-state index in [1.165, 1.54) is 12.1 Å². The lowest BCUT2D eigenvalue weighted by Crippen LogP contribution is -2.33. The zero-order valence-corrected chi connectivity index (χ0v) is 11.5. The summed E-state index contributed by atoms with van der Waals surface area (Å²) >= 11 is 0. The standard InChI is InChI=1S/C16H12FN3O2/c17-13-7-5-11(6-8-13)16(22)19-10-15(21)20-14-4-2-1-3-12(14)9-18/h1-8H,10H2,(H,19,22)(H,20,21). The van der Waals surface area contributed by atoms with Gasteiger partial charge in [-0.3, -0.25) is 9.59 Å². The Bertz CT molecular complexity index is 736. The van der Waals surface area contributed by atoms with Gasteiger partial charge in [-0.15, -0.1) is 0 Å². The van der Waals surface area contributed by atoms with Crippen molar-refractivity contribution in [2.45, 2.75) is 0 Å². The molecule has 0 saturated heterocycles. The van der Waals surface area contributed by atoms with Gasteiger partial charge in [-0.05, 0) is 36.4 Å². The van der Waals surface area contributed by atoms with Crippen LogP contribution in [-0.2, 0) is 4.79 Å². The molecule has 0 spiro atoms. The lowest BCUT2D eigenvalue weighted by atomic mass is 10.2. The molecule has 0 heterocycles. The molecule has 0 aromatic heterocycles. The van der Waals surface area contributed by atoms with E-state index in [4.69, 9.17) is 5.26 Å². The van der Waals surface area contributed by atoms with Gasteiger partial charge in [0.05, 0.1) is 17.8 Å². The van der Waals surface area contributed by atoms with Crippen LogP contribution in [0.15, 0.2) is 48.5 Å². The molecule has 110 valence electrons. The maximum absolute atomic E-state index is 12.8. The number of halogens is 1. The molecule has 2 rings (SSSR count). The first-order valence-electron chi connectivity index (χ1n) is 6.43. The zero-order valence-electron chi connectivity index (χ0n) is 11.5. The van der Waals surface area contributed by atoms with E-state index >= 15 is 0 Å². The van der Waals surface area contributed by atoms with Gasteiger partial charge in [0.1, 0.15) is 11.9 Å². The molecule has 0 aliphatic rings. The molecule has 2 N–H and O–H groups in total. The Hall–Kier alpha value is -3.20. The normalized spacial score (nSPS) is 9.64. The molecule has 2 amide bonds. The van der Waals surface area contributed by atoms with Gasteiger partial charge in [0, 0.05) is 5.56 Å². The van der Waals surface area contributed by atoms with Crippen molar-refractivity contribution in [3.05, 3.63) is 65.5 Å². The zero-order chi connectivity index (χ0) is 15.9. The Morgan fingerprint density at radius 1 is 1.09 bits per heavy atom. The lowest BCUT2D eigenvalue weighted by molar-refractivity contribution is -0.115. The molecule has 0 bridgehead atoms. The molecule has 0 unspecified atom stereocenters. The van der Waals surface area contributed by atoms with E-state index in [-0.39, 0.29) is 12.1 Å². The molecule has 22 heavy (non-hydrogen) atoms. The number of rotatable bonds is 4. The smallest absolute Gasteiger partial charge is 0.251 e. The van der Waals surface area contributed by atoms with Crippen LogP contribution in [0.5, 0.6) is 0 Å². The Morgan fingerprint density at radius 2 is 1.77 bits per heavy atom. The molecule has 0 radical (unpaired) electrons. The average Bonchev–Trinajstić information content (AvgIpc) is 2.54. The third-order valence-corrected chi connectivity index (χ3v) is 2.84. The quantitative estimate of drug-likeness (QED) is 0.906. The van der Waals surface area contributed by atoms with Crippen LogP contribution in [0.4, 0.5) is 10.1 Å². The topological polar surface area (TPSA) is 82.0 Å². The fraction of sp³-hybridized carbons (Fsp3) is 0.0625. The highest BCUT2D eigenvalue weighted by atomic mass is 19.1. The fourth-order valence-corrected chi connectivity index (χ4v) is 1.75. The van der Waals surface area contributed by atoms with Crippen LogP contribution in [0.3, 0.4) is 0 Å². The minimum absolute atomic E-state index is 0.254. The first-order valence-corrected chi connectivity index (χ1v) is 6.43. The van der Waals surface area contributed by atoms with E-state index in [0.29, 0.717) is 11.3 Å². The van der Waals surface area contributed by atoms with Gasteiger partial charge < -0.3 is 10.6 Å². The first kappa shape index (κ1) is 15.2. The number of amides is 2. The van der Waals surface area contributed by atoms with Crippen molar-refractivity contribution in [3.8, 4) is 6.07 Å². The summed E-state index contributed by atoms with van der Waals surface area (Å²) in [5, 5.41) is 13.9. The molecule has 0 aliphatic heterocycles. The van der Waals surface area contributed by atoms with Crippen LogP contribution >= 0.6 is 0 Å². The monoisotopic (exact) mass is 297 g/mol. The van der Waals surface area contributed by atoms with Crippen LogP contribution in [0.1, 0.15) is 15.9 Å². The van der Waals surface area contributed by atoms with Crippen LogP contribution in [0.25, 0.3) is 0 Å². The molecule has 0 aliphatic carbocycles. The van der Waals surface area contributed by atoms with Crippen molar-refractivity contribution >= 4 is 17.5 Å². The number of hydrogen-bond donors (Lipinski definition) is 2. The predicted octanol–water partition coefficient (Wildman–Crippen LogP) is 2.07. The lowest BCUT2D eigenvalue weighted by Gasteiger charge is -2.08. The number of anilines is 1. The molecule has 6 heteroatoms. The van der Waals surface area contributed by atoms with Crippen molar-refractivity contribution in [1.29, 1.82) is 5.26 Å². The van der Waals surface area contributed by atoms with Crippen LogP contribution in [-0.4, -0.2) is 18.4 Å². The van der Waals surface area contributed by atoms with Crippen LogP contribution in [0.2, 0.25) is 0 Å². The van der Waals surface area contributed by atoms with Gasteiger partial charge in [0.25, 0.3) is 5.91 Å². The number of carbonyl (C=O) groups excluding carboxylic acids is 2. The number of carbonyl (C=O) groups is 2. The maximum atomic E-state index is 12.8. The molecule has 0 atom stereocenters. The molecule has 2 aromatic carbocycles. The summed E-state index contributed by atoms with van der Waals surface area (Å²) in [6.45, 7) is -0.254. The van der Waals surface area contributed by atoms with E-state index in [1.54, 1.807) is 24.3 Å². The highest BCUT2D eigenvalue weighted by Crippen LogP contribution is 2.13. The largest absolute Gasteiger partial charge is 0.343 e. The second kappa shape index (κ2) is 6.99. The van der Waals surface area contributed by atoms with Gasteiger partial charge in [-0.25, -0.2) is 4.39 Å². The SMILES string of the molecule is N#Cc1ccccc1NC(=O)CNC(=O)c1ccc(F)cc1. The highest BCUT2D eigenvalue weighted by molar-refractivity contribution is 5.99. The van der Waals surface area contributed by atoms with Crippen molar-refractivity contribution in [3.63, 3.8) is 0 Å². The third kappa shape index (κ3) is 3.90. The molecular weight excluding hydrogens is 285 g/mol. The van der Waals surface area contributed by atoms with E-state index in [9.17, 15) is 14.0 Å². The Morgan fingerprint density at radius 3 is 2.45 bits per heavy atom. The van der Waals surface area contributed by atoms with Gasteiger partial charge in [-0.1, -0.05) is 12.1 Å². The first-order chi connectivity index (χ1) is 10.6. The summed E-state index contributed by atoms with van der Waals surface area (Å²) in [5.74, 6) is -1.38. The summed E-state index contributed by atoms with van der Waals surface area (Å²) in [6.07, 6.45) is 0. The van der Waals surface area contributed by atoms with Gasteiger partial charge >= 0.3 is 0 Å². The summed E-state index contributed by atoms with van der Waals surface area (Å²) < 4.78 is 12.8. The summed E-state index contributed by atoms with van der Waals surface area (Å²) in [7, 11) is 0. The van der Waals surface area contributed by atoms with Crippen molar-refractivity contribution in [2.75, 3.05) is 11.9 Å². The number of nitrogens with one attached hydrogen (secondary N) is 2.